The van der Waals surface area contributed by atoms with E-state index in [9.17, 15) is 0 Å². The third-order valence-corrected chi connectivity index (χ3v) is 4.63. The zero-order valence-corrected chi connectivity index (χ0v) is 13.0. The maximum Gasteiger partial charge on any atom is 0.170 e. The number of methoxy groups -OCH3 is 1. The van der Waals surface area contributed by atoms with Gasteiger partial charge in [-0.15, -0.1) is 0 Å². The molecule has 0 atom stereocenters. The summed E-state index contributed by atoms with van der Waals surface area (Å²) in [5.41, 5.74) is 7.22. The molecule has 0 spiro atoms. The van der Waals surface area contributed by atoms with Crippen LogP contribution in [0, 0.1) is 5.41 Å². The topological polar surface area (TPSA) is 84.9 Å². The average Bonchev–Trinajstić information content (AvgIpc) is 2.92. The number of aryl methyl sites for hydroxylation is 1. The highest BCUT2D eigenvalue weighted by Gasteiger charge is 2.08. The van der Waals surface area contributed by atoms with Crippen LogP contribution in [0.15, 0.2) is 22.5 Å². The molecule has 7 heteroatoms. The molecule has 1 aromatic carbocycles. The van der Waals surface area contributed by atoms with Crippen molar-refractivity contribution in [3.05, 3.63) is 35.2 Å². The number of nitrogens with zero attached hydrogens (tertiary/aromatic N) is 2. The van der Waals surface area contributed by atoms with Gasteiger partial charge in [-0.2, -0.15) is 4.37 Å². The molecular weight excluding hydrogens is 292 g/mol. The van der Waals surface area contributed by atoms with Crippen LogP contribution in [-0.2, 0) is 12.2 Å². The van der Waals surface area contributed by atoms with E-state index in [1.807, 2.05) is 25.1 Å². The average molecular weight is 308 g/mol. The zero-order chi connectivity index (χ0) is 14.5. The number of nitrogens with one attached hydrogen (secondary N) is 1. The van der Waals surface area contributed by atoms with Gasteiger partial charge in [-0.1, -0.05) is 24.8 Å². The quantitative estimate of drug-likeness (QED) is 0.487. The standard InChI is InChI=1S/C13H16N4OS2/c1-3-11-16-13(20-17-11)19-7-8-4-5-9(12(14)15)10(6-8)18-2/h4-6H,3,7H2,1-2H3,(H3,14,15). The van der Waals surface area contributed by atoms with Crippen molar-refractivity contribution >= 4 is 29.1 Å². The molecule has 0 bridgehead atoms. The molecule has 0 fully saturated rings. The number of hydrogen-bond acceptors (Lipinski definition) is 6. The highest BCUT2D eigenvalue weighted by atomic mass is 32.2. The van der Waals surface area contributed by atoms with Gasteiger partial charge in [-0.05, 0) is 29.2 Å². The first kappa shape index (κ1) is 14.8. The lowest BCUT2D eigenvalue weighted by Crippen LogP contribution is -2.12. The van der Waals surface area contributed by atoms with E-state index in [1.54, 1.807) is 18.9 Å². The number of nitrogen functional groups attached to an aromatic ring is 1. The van der Waals surface area contributed by atoms with Crippen LogP contribution in [-0.4, -0.2) is 22.3 Å². The second-order valence-corrected chi connectivity index (χ2v) is 6.04. The van der Waals surface area contributed by atoms with E-state index in [0.717, 1.165) is 27.9 Å². The Labute approximate surface area is 126 Å². The fourth-order valence-corrected chi connectivity index (χ4v) is 3.27. The summed E-state index contributed by atoms with van der Waals surface area (Å²) >= 11 is 3.08. The Morgan fingerprint density at radius 2 is 2.30 bits per heavy atom. The van der Waals surface area contributed by atoms with Crippen molar-refractivity contribution in [2.45, 2.75) is 23.4 Å². The Balaban J connectivity index is 2.08. The molecule has 0 radical (unpaired) electrons. The van der Waals surface area contributed by atoms with E-state index in [1.165, 1.54) is 11.5 Å². The highest BCUT2D eigenvalue weighted by molar-refractivity contribution is 8.00. The van der Waals surface area contributed by atoms with Gasteiger partial charge in [0.2, 0.25) is 0 Å². The van der Waals surface area contributed by atoms with Gasteiger partial charge in [0.05, 0.1) is 12.7 Å². The van der Waals surface area contributed by atoms with E-state index in [2.05, 4.69) is 9.36 Å². The summed E-state index contributed by atoms with van der Waals surface area (Å²) in [5, 5.41) is 7.49. The number of amidine groups is 1. The summed E-state index contributed by atoms with van der Waals surface area (Å²) in [6.45, 7) is 2.04. The summed E-state index contributed by atoms with van der Waals surface area (Å²) < 4.78 is 10.5. The molecule has 2 aromatic rings. The number of rotatable bonds is 6. The summed E-state index contributed by atoms with van der Waals surface area (Å²) in [7, 11) is 1.58. The molecule has 0 saturated carbocycles. The van der Waals surface area contributed by atoms with Gasteiger partial charge in [0.1, 0.15) is 17.4 Å². The number of hydrogen-bond donors (Lipinski definition) is 2. The van der Waals surface area contributed by atoms with Crippen LogP contribution in [0.25, 0.3) is 0 Å². The maximum atomic E-state index is 7.49. The normalized spacial score (nSPS) is 10.5. The lowest BCUT2D eigenvalue weighted by atomic mass is 10.1. The molecule has 5 nitrogen and oxygen atoms in total. The fraction of sp³-hybridized carbons (Fsp3) is 0.308. The van der Waals surface area contributed by atoms with E-state index < -0.39 is 0 Å². The lowest BCUT2D eigenvalue weighted by Gasteiger charge is -2.09. The minimum absolute atomic E-state index is 0.0118. The van der Waals surface area contributed by atoms with Crippen molar-refractivity contribution in [1.82, 2.24) is 9.36 Å². The Morgan fingerprint density at radius 3 is 2.90 bits per heavy atom. The molecular formula is C13H16N4OS2. The van der Waals surface area contributed by atoms with Gasteiger partial charge < -0.3 is 10.5 Å². The number of thioether (sulfide) groups is 1. The Hall–Kier alpha value is -1.60. The molecule has 0 unspecified atom stereocenters. The van der Waals surface area contributed by atoms with Gasteiger partial charge in [-0.25, -0.2) is 4.98 Å². The van der Waals surface area contributed by atoms with Crippen LogP contribution in [0.4, 0.5) is 0 Å². The SMILES string of the molecule is CCc1nsc(SCc2ccc(C(=N)N)c(OC)c2)n1. The lowest BCUT2D eigenvalue weighted by molar-refractivity contribution is 0.413. The largest absolute Gasteiger partial charge is 0.496 e. The molecule has 0 saturated heterocycles. The van der Waals surface area contributed by atoms with Gasteiger partial charge in [-0.3, -0.25) is 5.41 Å². The van der Waals surface area contributed by atoms with E-state index in [4.69, 9.17) is 15.9 Å². The van der Waals surface area contributed by atoms with Crippen LogP contribution >= 0.6 is 23.3 Å². The molecule has 1 aromatic heterocycles. The third kappa shape index (κ3) is 3.49. The van der Waals surface area contributed by atoms with Gasteiger partial charge in [0.15, 0.2) is 4.34 Å². The van der Waals surface area contributed by atoms with Crippen LogP contribution < -0.4 is 10.5 Å². The molecule has 106 valence electrons. The van der Waals surface area contributed by atoms with E-state index >= 15 is 0 Å². The summed E-state index contributed by atoms with van der Waals surface area (Å²) in [6.07, 6.45) is 0.859. The van der Waals surface area contributed by atoms with Crippen molar-refractivity contribution < 1.29 is 4.74 Å². The highest BCUT2D eigenvalue weighted by Crippen LogP contribution is 2.27. The predicted octanol–water partition coefficient (Wildman–Crippen LogP) is 2.69. The van der Waals surface area contributed by atoms with E-state index in [0.29, 0.717) is 11.3 Å². The minimum Gasteiger partial charge on any atom is -0.496 e. The second-order valence-electron chi connectivity index (χ2n) is 4.07. The molecule has 0 aliphatic rings. The number of nitrogens with two attached hydrogens (primary N) is 1. The minimum atomic E-state index is 0.0118. The summed E-state index contributed by atoms with van der Waals surface area (Å²) in [6, 6.07) is 5.67. The van der Waals surface area contributed by atoms with E-state index in [-0.39, 0.29) is 5.84 Å². The predicted molar refractivity (Wildman–Crippen MR) is 82.9 cm³/mol. The van der Waals surface area contributed by atoms with Crippen LogP contribution in [0.1, 0.15) is 23.9 Å². The Kier molecular flexibility index (Phi) is 4.97. The van der Waals surface area contributed by atoms with Crippen molar-refractivity contribution in [2.75, 3.05) is 7.11 Å². The van der Waals surface area contributed by atoms with Gasteiger partial charge >= 0.3 is 0 Å². The van der Waals surface area contributed by atoms with Crippen LogP contribution in [0.5, 0.6) is 5.75 Å². The summed E-state index contributed by atoms with van der Waals surface area (Å²) in [5.74, 6) is 2.31. The maximum absolute atomic E-state index is 7.49. The molecule has 2 rings (SSSR count). The Morgan fingerprint density at radius 1 is 1.50 bits per heavy atom. The first-order valence-corrected chi connectivity index (χ1v) is 7.86. The Bertz CT molecular complexity index is 612. The van der Waals surface area contributed by atoms with Crippen molar-refractivity contribution in [1.29, 1.82) is 5.41 Å². The van der Waals surface area contributed by atoms with Gasteiger partial charge in [0.25, 0.3) is 0 Å². The van der Waals surface area contributed by atoms with Gasteiger partial charge in [0, 0.05) is 12.2 Å². The van der Waals surface area contributed by atoms with Crippen molar-refractivity contribution in [3.63, 3.8) is 0 Å². The number of benzene rings is 1. The number of aromatic nitrogens is 2. The fourth-order valence-electron chi connectivity index (χ4n) is 1.63. The van der Waals surface area contributed by atoms with Crippen LogP contribution in [0.3, 0.4) is 0 Å². The summed E-state index contributed by atoms with van der Waals surface area (Å²) in [4.78, 5) is 4.42. The first-order chi connectivity index (χ1) is 9.63. The van der Waals surface area contributed by atoms with Crippen LogP contribution in [0.2, 0.25) is 0 Å². The molecule has 20 heavy (non-hydrogen) atoms. The molecule has 1 heterocycles. The van der Waals surface area contributed by atoms with Crippen molar-refractivity contribution in [3.8, 4) is 5.75 Å². The second kappa shape index (κ2) is 6.71. The number of ether oxygens (including phenoxy) is 1. The van der Waals surface area contributed by atoms with Crippen molar-refractivity contribution in [2.24, 2.45) is 5.73 Å². The smallest absolute Gasteiger partial charge is 0.170 e. The first-order valence-electron chi connectivity index (χ1n) is 6.10. The molecule has 3 N–H and O–H groups in total. The molecule has 0 amide bonds. The zero-order valence-electron chi connectivity index (χ0n) is 11.3. The molecule has 0 aliphatic heterocycles. The third-order valence-electron chi connectivity index (χ3n) is 2.68. The monoisotopic (exact) mass is 308 g/mol. The molecule has 0 aliphatic carbocycles.